The average Bonchev–Trinajstić information content (AvgIpc) is 3.60. The molecule has 1 amide bonds. The van der Waals surface area contributed by atoms with Crippen LogP contribution in [0.25, 0.3) is 11.1 Å². The number of nitrogens with zero attached hydrogens (tertiary/aromatic N) is 4. The zero-order valence-electron chi connectivity index (χ0n) is 29.0. The van der Waals surface area contributed by atoms with Crippen LogP contribution < -0.4 is 14.2 Å². The number of aliphatic hydroxyl groups excluding tert-OH is 1. The van der Waals surface area contributed by atoms with Crippen molar-refractivity contribution >= 4 is 23.5 Å². The Balaban J connectivity index is 1.19. The Morgan fingerprint density at radius 3 is 2.58 bits per heavy atom. The third-order valence-electron chi connectivity index (χ3n) is 9.56. The standard InChI is InChI=1S/C40H41ClN4O7/c1-26-30(7-5-9-34(26)29-6-4-8-33(15-29)50-25-39(47)45-13-11-32(46)22-45)24-52-38-17-37(51-23-28-14-27(18-42)19-43-20-28)31(16-35(38)41)21-44-12-3-2-10-36(44)40(48)49/h4-9,14-17,19-20,32,36,46H,2-3,10-13,21-25H2,1H3,(H,48,49)/t32-,36+/m1/s1. The van der Waals surface area contributed by atoms with E-state index in [4.69, 9.17) is 25.8 Å². The first-order valence-electron chi connectivity index (χ1n) is 17.3. The molecule has 270 valence electrons. The van der Waals surface area contributed by atoms with Gasteiger partial charge in [-0.3, -0.25) is 19.5 Å². The number of aromatic nitrogens is 1. The monoisotopic (exact) mass is 724 g/mol. The van der Waals surface area contributed by atoms with E-state index in [1.165, 1.54) is 6.20 Å². The van der Waals surface area contributed by atoms with Crippen LogP contribution in [0.3, 0.4) is 0 Å². The van der Waals surface area contributed by atoms with Gasteiger partial charge in [-0.05, 0) is 79.3 Å². The van der Waals surface area contributed by atoms with Gasteiger partial charge >= 0.3 is 5.97 Å². The van der Waals surface area contributed by atoms with E-state index >= 15 is 0 Å². The molecule has 2 atom stereocenters. The van der Waals surface area contributed by atoms with Crippen molar-refractivity contribution in [3.8, 4) is 34.4 Å². The molecule has 0 radical (unpaired) electrons. The highest BCUT2D eigenvalue weighted by molar-refractivity contribution is 6.32. The Hall–Kier alpha value is -5.15. The molecule has 52 heavy (non-hydrogen) atoms. The molecular weight excluding hydrogens is 684 g/mol. The highest BCUT2D eigenvalue weighted by Crippen LogP contribution is 2.36. The van der Waals surface area contributed by atoms with Gasteiger partial charge in [-0.15, -0.1) is 0 Å². The van der Waals surface area contributed by atoms with Crippen molar-refractivity contribution in [1.82, 2.24) is 14.8 Å². The lowest BCUT2D eigenvalue weighted by molar-refractivity contribution is -0.144. The first-order valence-corrected chi connectivity index (χ1v) is 17.7. The van der Waals surface area contributed by atoms with Crippen LogP contribution in [0.5, 0.6) is 17.2 Å². The van der Waals surface area contributed by atoms with E-state index in [9.17, 15) is 25.1 Å². The molecule has 12 heteroatoms. The van der Waals surface area contributed by atoms with Gasteiger partial charge in [0, 0.05) is 49.2 Å². The molecular formula is C40H41ClN4O7. The third kappa shape index (κ3) is 9.01. The Kier molecular flexibility index (Phi) is 11.9. The maximum Gasteiger partial charge on any atom is 0.320 e. The fourth-order valence-corrected chi connectivity index (χ4v) is 6.92. The van der Waals surface area contributed by atoms with Crippen LogP contribution >= 0.6 is 11.6 Å². The van der Waals surface area contributed by atoms with Crippen LogP contribution in [-0.2, 0) is 29.3 Å². The summed E-state index contributed by atoms with van der Waals surface area (Å²) in [6.07, 6.45) is 5.56. The van der Waals surface area contributed by atoms with Crippen molar-refractivity contribution in [3.63, 3.8) is 0 Å². The van der Waals surface area contributed by atoms with Gasteiger partial charge in [0.15, 0.2) is 6.61 Å². The van der Waals surface area contributed by atoms with Crippen molar-refractivity contribution in [3.05, 3.63) is 106 Å². The van der Waals surface area contributed by atoms with Gasteiger partial charge < -0.3 is 29.3 Å². The molecule has 0 saturated carbocycles. The summed E-state index contributed by atoms with van der Waals surface area (Å²) in [7, 11) is 0. The van der Waals surface area contributed by atoms with Crippen molar-refractivity contribution in [2.75, 3.05) is 26.2 Å². The largest absolute Gasteiger partial charge is 0.488 e. The summed E-state index contributed by atoms with van der Waals surface area (Å²) in [5, 5.41) is 29.3. The smallest absolute Gasteiger partial charge is 0.320 e. The minimum Gasteiger partial charge on any atom is -0.488 e. The van der Waals surface area contributed by atoms with Crippen molar-refractivity contribution in [2.45, 2.75) is 64.5 Å². The molecule has 3 heterocycles. The van der Waals surface area contributed by atoms with Gasteiger partial charge in [-0.1, -0.05) is 48.4 Å². The summed E-state index contributed by atoms with van der Waals surface area (Å²) < 4.78 is 18.4. The minimum absolute atomic E-state index is 0.102. The number of carboxylic acids is 1. The van der Waals surface area contributed by atoms with E-state index in [-0.39, 0.29) is 25.7 Å². The molecule has 3 aromatic carbocycles. The van der Waals surface area contributed by atoms with Gasteiger partial charge in [-0.25, -0.2) is 0 Å². The van der Waals surface area contributed by atoms with Gasteiger partial charge in [0.25, 0.3) is 5.91 Å². The average molecular weight is 725 g/mol. The van der Waals surface area contributed by atoms with E-state index in [0.717, 1.165) is 40.7 Å². The molecule has 11 nitrogen and oxygen atoms in total. The number of β-amino-alcohol motifs (C(OH)–C–C–N with tert-alkyl or cyclic N) is 1. The summed E-state index contributed by atoms with van der Waals surface area (Å²) >= 11 is 6.81. The second kappa shape index (κ2) is 16.9. The Bertz CT molecular complexity index is 1960. The molecule has 6 rings (SSSR count). The van der Waals surface area contributed by atoms with Gasteiger partial charge in [0.05, 0.1) is 16.7 Å². The number of amides is 1. The summed E-state index contributed by atoms with van der Waals surface area (Å²) in [4.78, 5) is 32.3. The molecule has 2 aliphatic rings. The summed E-state index contributed by atoms with van der Waals surface area (Å²) in [5.41, 5.74) is 5.70. The molecule has 0 aliphatic carbocycles. The number of halogens is 1. The van der Waals surface area contributed by atoms with E-state index in [1.807, 2.05) is 54.3 Å². The van der Waals surface area contributed by atoms with E-state index in [2.05, 4.69) is 11.1 Å². The second-order valence-electron chi connectivity index (χ2n) is 13.2. The van der Waals surface area contributed by atoms with Gasteiger partial charge in [-0.2, -0.15) is 5.26 Å². The lowest BCUT2D eigenvalue weighted by Gasteiger charge is -2.33. The fraction of sp³-hybridized carbons (Fsp3) is 0.350. The number of likely N-dealkylation sites (tertiary alicyclic amines) is 2. The first-order chi connectivity index (χ1) is 25.2. The Morgan fingerprint density at radius 2 is 1.79 bits per heavy atom. The number of carboxylic acid groups (broad SMARTS) is 1. The summed E-state index contributed by atoms with van der Waals surface area (Å²) in [5.74, 6) is 0.476. The van der Waals surface area contributed by atoms with Crippen LogP contribution in [0, 0.1) is 18.3 Å². The number of piperidine rings is 1. The van der Waals surface area contributed by atoms with Crippen LogP contribution in [0.2, 0.25) is 5.02 Å². The quantitative estimate of drug-likeness (QED) is 0.165. The van der Waals surface area contributed by atoms with Crippen LogP contribution in [-0.4, -0.2) is 75.3 Å². The number of nitriles is 1. The molecule has 2 aliphatic heterocycles. The maximum atomic E-state index is 12.5. The van der Waals surface area contributed by atoms with E-state index in [1.54, 1.807) is 29.3 Å². The van der Waals surface area contributed by atoms with Crippen molar-refractivity contribution in [2.24, 2.45) is 0 Å². The molecule has 2 fully saturated rings. The van der Waals surface area contributed by atoms with Crippen LogP contribution in [0.15, 0.2) is 73.1 Å². The molecule has 0 spiro atoms. The lowest BCUT2D eigenvalue weighted by Crippen LogP contribution is -2.44. The second-order valence-corrected chi connectivity index (χ2v) is 13.6. The zero-order valence-corrected chi connectivity index (χ0v) is 29.7. The molecule has 1 aromatic heterocycles. The lowest BCUT2D eigenvalue weighted by atomic mass is 9.96. The third-order valence-corrected chi connectivity index (χ3v) is 9.85. The number of carbonyl (C=O) groups is 2. The zero-order chi connectivity index (χ0) is 36.6. The summed E-state index contributed by atoms with van der Waals surface area (Å²) in [6, 6.07) is 20.3. The normalized spacial score (nSPS) is 17.4. The number of aliphatic carboxylic acids is 1. The van der Waals surface area contributed by atoms with Gasteiger partial charge in [0.2, 0.25) is 0 Å². The number of rotatable bonds is 13. The molecule has 0 bridgehead atoms. The fourth-order valence-electron chi connectivity index (χ4n) is 6.68. The predicted molar refractivity (Wildman–Crippen MR) is 194 cm³/mol. The molecule has 2 saturated heterocycles. The Labute approximate surface area is 307 Å². The number of hydrogen-bond donors (Lipinski definition) is 2. The number of benzene rings is 3. The first kappa shape index (κ1) is 36.6. The predicted octanol–water partition coefficient (Wildman–Crippen LogP) is 6.15. The molecule has 4 aromatic rings. The van der Waals surface area contributed by atoms with E-state index < -0.39 is 18.1 Å². The van der Waals surface area contributed by atoms with Gasteiger partial charge in [0.1, 0.15) is 42.6 Å². The van der Waals surface area contributed by atoms with Crippen LogP contribution in [0.1, 0.15) is 53.5 Å². The SMILES string of the molecule is Cc1c(COc2cc(OCc3cncc(C#N)c3)c(CN3CCCC[C@H]3C(=O)O)cc2Cl)cccc1-c1cccc(OCC(=O)N2CC[C@@H](O)C2)c1. The molecule has 0 unspecified atom stereocenters. The van der Waals surface area contributed by atoms with E-state index in [0.29, 0.717) is 72.4 Å². The minimum atomic E-state index is -0.849. The summed E-state index contributed by atoms with van der Waals surface area (Å²) in [6.45, 7) is 4.11. The topological polar surface area (TPSA) is 145 Å². The number of hydrogen-bond acceptors (Lipinski definition) is 9. The van der Waals surface area contributed by atoms with Crippen molar-refractivity contribution < 1.29 is 34.0 Å². The Morgan fingerprint density at radius 1 is 0.962 bits per heavy atom. The number of pyridine rings is 1. The van der Waals surface area contributed by atoms with Crippen LogP contribution in [0.4, 0.5) is 0 Å². The number of carbonyl (C=O) groups excluding carboxylic acids is 1. The number of aliphatic hydroxyl groups is 1. The number of ether oxygens (including phenoxy) is 3. The highest BCUT2D eigenvalue weighted by Gasteiger charge is 2.29. The maximum absolute atomic E-state index is 12.5. The molecule has 2 N–H and O–H groups in total. The highest BCUT2D eigenvalue weighted by atomic mass is 35.5. The van der Waals surface area contributed by atoms with Crippen molar-refractivity contribution in [1.29, 1.82) is 5.26 Å².